The number of aromatic nitrogens is 2. The number of fused-ring (bicyclic) bond motifs is 1. The Hall–Kier alpha value is -3.55. The molecule has 2 aliphatic rings. The first kappa shape index (κ1) is 16.6. The van der Waals surface area contributed by atoms with E-state index < -0.39 is 0 Å². The molecule has 0 unspecified atom stereocenters. The molecule has 0 bridgehead atoms. The molecule has 0 spiro atoms. The third-order valence-corrected chi connectivity index (χ3v) is 4.89. The monoisotopic (exact) mass is 378 g/mol. The van der Waals surface area contributed by atoms with Crippen molar-refractivity contribution in [3.05, 3.63) is 54.4 Å². The molecule has 1 amide bonds. The summed E-state index contributed by atoms with van der Waals surface area (Å²) in [5.74, 6) is 2.63. The van der Waals surface area contributed by atoms with Gasteiger partial charge in [-0.2, -0.15) is 0 Å². The highest BCUT2D eigenvalue weighted by atomic mass is 16.7. The standard InChI is InChI=1S/C20H18N4O4/c25-19(14-3-4-17-18(12-14)28-13-27-17)23-7-9-24(10-8-23)20-21-6-5-15(22-20)16-2-1-11-26-16/h1-6,11-12H,7-10,13H2. The molecule has 1 fully saturated rings. The number of piperazine rings is 1. The van der Waals surface area contributed by atoms with E-state index in [9.17, 15) is 4.79 Å². The molecule has 1 aromatic carbocycles. The Bertz CT molecular complexity index is 997. The van der Waals surface area contributed by atoms with E-state index in [0.29, 0.717) is 55.0 Å². The number of hydrogen-bond acceptors (Lipinski definition) is 7. The van der Waals surface area contributed by atoms with E-state index >= 15 is 0 Å². The fourth-order valence-corrected chi connectivity index (χ4v) is 3.38. The van der Waals surface area contributed by atoms with Gasteiger partial charge in [0, 0.05) is 37.9 Å². The third kappa shape index (κ3) is 3.02. The molecular formula is C20H18N4O4. The number of nitrogens with zero attached hydrogens (tertiary/aromatic N) is 4. The van der Waals surface area contributed by atoms with Crippen molar-refractivity contribution in [1.29, 1.82) is 0 Å². The largest absolute Gasteiger partial charge is 0.463 e. The maximum Gasteiger partial charge on any atom is 0.254 e. The third-order valence-electron chi connectivity index (χ3n) is 4.89. The van der Waals surface area contributed by atoms with E-state index in [4.69, 9.17) is 13.9 Å². The molecule has 2 aliphatic heterocycles. The summed E-state index contributed by atoms with van der Waals surface area (Å²) in [4.78, 5) is 25.7. The normalized spacial score (nSPS) is 15.7. The fraction of sp³-hybridized carbons (Fsp3) is 0.250. The number of hydrogen-bond donors (Lipinski definition) is 0. The van der Waals surface area contributed by atoms with Crippen molar-refractivity contribution in [1.82, 2.24) is 14.9 Å². The van der Waals surface area contributed by atoms with Crippen molar-refractivity contribution in [2.24, 2.45) is 0 Å². The van der Waals surface area contributed by atoms with Gasteiger partial charge in [0.1, 0.15) is 5.69 Å². The summed E-state index contributed by atoms with van der Waals surface area (Å²) < 4.78 is 16.1. The summed E-state index contributed by atoms with van der Waals surface area (Å²) in [6.45, 7) is 2.72. The van der Waals surface area contributed by atoms with Crippen LogP contribution in [0.25, 0.3) is 11.5 Å². The number of carbonyl (C=O) groups is 1. The lowest BCUT2D eigenvalue weighted by Crippen LogP contribution is -2.49. The average Bonchev–Trinajstić information content (AvgIpc) is 3.45. The van der Waals surface area contributed by atoms with Gasteiger partial charge in [0.25, 0.3) is 5.91 Å². The molecular weight excluding hydrogens is 360 g/mol. The van der Waals surface area contributed by atoms with Gasteiger partial charge in [0.05, 0.1) is 6.26 Å². The van der Waals surface area contributed by atoms with Gasteiger partial charge in [-0.05, 0) is 36.4 Å². The average molecular weight is 378 g/mol. The minimum absolute atomic E-state index is 0.0109. The van der Waals surface area contributed by atoms with Crippen molar-refractivity contribution in [2.45, 2.75) is 0 Å². The lowest BCUT2D eigenvalue weighted by atomic mass is 10.1. The van der Waals surface area contributed by atoms with Crippen molar-refractivity contribution in [2.75, 3.05) is 37.9 Å². The number of ether oxygens (including phenoxy) is 2. The van der Waals surface area contributed by atoms with Crippen molar-refractivity contribution >= 4 is 11.9 Å². The molecule has 3 aromatic rings. The van der Waals surface area contributed by atoms with Crippen LogP contribution in [-0.2, 0) is 0 Å². The van der Waals surface area contributed by atoms with Crippen LogP contribution in [0.3, 0.4) is 0 Å². The maximum absolute atomic E-state index is 12.8. The van der Waals surface area contributed by atoms with Gasteiger partial charge >= 0.3 is 0 Å². The lowest BCUT2D eigenvalue weighted by Gasteiger charge is -2.34. The summed E-state index contributed by atoms with van der Waals surface area (Å²) >= 11 is 0. The van der Waals surface area contributed by atoms with Crippen LogP contribution in [0.1, 0.15) is 10.4 Å². The number of furan rings is 1. The number of amides is 1. The van der Waals surface area contributed by atoms with Gasteiger partial charge in [-0.1, -0.05) is 0 Å². The molecule has 0 aliphatic carbocycles. The molecule has 0 N–H and O–H groups in total. The minimum atomic E-state index is -0.0109. The molecule has 1 saturated heterocycles. The van der Waals surface area contributed by atoms with Crippen LogP contribution in [0.15, 0.2) is 53.3 Å². The van der Waals surface area contributed by atoms with Crippen molar-refractivity contribution in [3.8, 4) is 23.0 Å². The molecule has 142 valence electrons. The van der Waals surface area contributed by atoms with E-state index in [-0.39, 0.29) is 12.7 Å². The van der Waals surface area contributed by atoms with Crippen LogP contribution in [0.5, 0.6) is 11.5 Å². The highest BCUT2D eigenvalue weighted by Gasteiger charge is 2.25. The zero-order chi connectivity index (χ0) is 18.9. The number of anilines is 1. The second-order valence-corrected chi connectivity index (χ2v) is 6.57. The zero-order valence-corrected chi connectivity index (χ0v) is 15.1. The van der Waals surface area contributed by atoms with Gasteiger partial charge in [-0.3, -0.25) is 4.79 Å². The second kappa shape index (κ2) is 6.88. The molecule has 4 heterocycles. The molecule has 0 saturated carbocycles. The Morgan fingerprint density at radius 2 is 1.86 bits per heavy atom. The van der Waals surface area contributed by atoms with Crippen LogP contribution < -0.4 is 14.4 Å². The highest BCUT2D eigenvalue weighted by molar-refractivity contribution is 5.95. The van der Waals surface area contributed by atoms with Crippen LogP contribution >= 0.6 is 0 Å². The predicted molar refractivity (Wildman–Crippen MR) is 100 cm³/mol. The number of benzene rings is 1. The topological polar surface area (TPSA) is 80.9 Å². The molecule has 0 atom stereocenters. The van der Waals surface area contributed by atoms with Gasteiger partial charge in [0.15, 0.2) is 17.3 Å². The Kier molecular flexibility index (Phi) is 4.08. The number of rotatable bonds is 3. The lowest BCUT2D eigenvalue weighted by molar-refractivity contribution is 0.0746. The summed E-state index contributed by atoms with van der Waals surface area (Å²) in [6.07, 6.45) is 3.35. The quantitative estimate of drug-likeness (QED) is 0.692. The van der Waals surface area contributed by atoms with Crippen LogP contribution in [0, 0.1) is 0 Å². The summed E-state index contributed by atoms with van der Waals surface area (Å²) in [7, 11) is 0. The van der Waals surface area contributed by atoms with Crippen molar-refractivity contribution in [3.63, 3.8) is 0 Å². The van der Waals surface area contributed by atoms with E-state index in [1.54, 1.807) is 30.7 Å². The molecule has 5 rings (SSSR count). The highest BCUT2D eigenvalue weighted by Crippen LogP contribution is 2.33. The smallest absolute Gasteiger partial charge is 0.254 e. The molecule has 2 aromatic heterocycles. The Morgan fingerprint density at radius 3 is 2.68 bits per heavy atom. The minimum Gasteiger partial charge on any atom is -0.463 e. The number of carbonyl (C=O) groups excluding carboxylic acids is 1. The van der Waals surface area contributed by atoms with Crippen LogP contribution in [0.4, 0.5) is 5.95 Å². The van der Waals surface area contributed by atoms with Gasteiger partial charge in [-0.25, -0.2) is 9.97 Å². The first-order valence-corrected chi connectivity index (χ1v) is 9.09. The van der Waals surface area contributed by atoms with Gasteiger partial charge < -0.3 is 23.7 Å². The van der Waals surface area contributed by atoms with Gasteiger partial charge in [-0.15, -0.1) is 0 Å². The van der Waals surface area contributed by atoms with Crippen LogP contribution in [-0.4, -0.2) is 53.7 Å². The van der Waals surface area contributed by atoms with E-state index in [1.165, 1.54) is 0 Å². The maximum atomic E-state index is 12.8. The summed E-state index contributed by atoms with van der Waals surface area (Å²) in [6, 6.07) is 10.8. The van der Waals surface area contributed by atoms with Gasteiger partial charge in [0.2, 0.25) is 12.7 Å². The molecule has 8 heteroatoms. The molecule has 8 nitrogen and oxygen atoms in total. The molecule has 28 heavy (non-hydrogen) atoms. The van der Waals surface area contributed by atoms with E-state index in [0.717, 1.165) is 5.69 Å². The Balaban J connectivity index is 1.26. The summed E-state index contributed by atoms with van der Waals surface area (Å²) in [5, 5.41) is 0. The fourth-order valence-electron chi connectivity index (χ4n) is 3.38. The SMILES string of the molecule is O=C(c1ccc2c(c1)OCO2)N1CCN(c2nccc(-c3ccco3)n2)CC1. The van der Waals surface area contributed by atoms with E-state index in [1.807, 2.05) is 23.1 Å². The first-order valence-electron chi connectivity index (χ1n) is 9.09. The predicted octanol–water partition coefficient (Wildman–Crippen LogP) is 2.43. The Labute approximate surface area is 161 Å². The Morgan fingerprint density at radius 1 is 1.00 bits per heavy atom. The molecule has 0 radical (unpaired) electrons. The van der Waals surface area contributed by atoms with Crippen molar-refractivity contribution < 1.29 is 18.7 Å². The van der Waals surface area contributed by atoms with Crippen LogP contribution in [0.2, 0.25) is 0 Å². The second-order valence-electron chi connectivity index (χ2n) is 6.57. The van der Waals surface area contributed by atoms with E-state index in [2.05, 4.69) is 14.9 Å². The first-order chi connectivity index (χ1) is 13.8. The zero-order valence-electron chi connectivity index (χ0n) is 15.1. The summed E-state index contributed by atoms with van der Waals surface area (Å²) in [5.41, 5.74) is 1.35.